The summed E-state index contributed by atoms with van der Waals surface area (Å²) in [5, 5.41) is 6.10. The van der Waals surface area contributed by atoms with Gasteiger partial charge in [-0.2, -0.15) is 0 Å². The minimum absolute atomic E-state index is 0.111. The van der Waals surface area contributed by atoms with Gasteiger partial charge < -0.3 is 20.1 Å². The maximum absolute atomic E-state index is 12.1. The number of pyridine rings is 1. The van der Waals surface area contributed by atoms with Gasteiger partial charge in [0.2, 0.25) is 6.79 Å². The van der Waals surface area contributed by atoms with E-state index >= 15 is 0 Å². The van der Waals surface area contributed by atoms with Crippen molar-refractivity contribution in [2.24, 2.45) is 0 Å². The lowest BCUT2D eigenvalue weighted by Crippen LogP contribution is -2.24. The van der Waals surface area contributed by atoms with Gasteiger partial charge >= 0.3 is 0 Å². The second-order valence-corrected chi connectivity index (χ2v) is 5.26. The molecule has 1 amide bonds. The maximum Gasteiger partial charge on any atom is 0.252 e. The number of fused-ring (bicyclic) bond motifs is 1. The van der Waals surface area contributed by atoms with Gasteiger partial charge in [0, 0.05) is 24.5 Å². The molecular weight excluding hydrogens is 294 g/mol. The van der Waals surface area contributed by atoms with E-state index in [9.17, 15) is 4.79 Å². The van der Waals surface area contributed by atoms with Crippen molar-refractivity contribution < 1.29 is 14.3 Å². The van der Waals surface area contributed by atoms with E-state index < -0.39 is 0 Å². The van der Waals surface area contributed by atoms with E-state index in [-0.39, 0.29) is 12.7 Å². The second-order valence-electron chi connectivity index (χ2n) is 5.26. The highest BCUT2D eigenvalue weighted by Gasteiger charge is 2.13. The molecule has 2 aromatic rings. The molecular formula is C17H19N3O3. The lowest BCUT2D eigenvalue weighted by molar-refractivity contribution is 0.0953. The number of hydrogen-bond donors (Lipinski definition) is 2. The van der Waals surface area contributed by atoms with Crippen molar-refractivity contribution >= 4 is 17.3 Å². The van der Waals surface area contributed by atoms with Crippen LogP contribution in [0.4, 0.5) is 11.4 Å². The lowest BCUT2D eigenvalue weighted by Gasteiger charge is -2.09. The summed E-state index contributed by atoms with van der Waals surface area (Å²) >= 11 is 0. The van der Waals surface area contributed by atoms with Gasteiger partial charge in [-0.25, -0.2) is 0 Å². The zero-order valence-electron chi connectivity index (χ0n) is 13.0. The molecule has 0 bridgehead atoms. The van der Waals surface area contributed by atoms with Crippen molar-refractivity contribution in [3.05, 3.63) is 42.2 Å². The van der Waals surface area contributed by atoms with Gasteiger partial charge in [0.15, 0.2) is 11.5 Å². The first-order valence-corrected chi connectivity index (χ1v) is 7.66. The number of aromatic nitrogens is 1. The Hall–Kier alpha value is -2.76. The highest BCUT2D eigenvalue weighted by Crippen LogP contribution is 2.35. The summed E-state index contributed by atoms with van der Waals surface area (Å²) in [5.74, 6) is 1.33. The molecule has 0 aliphatic carbocycles. The minimum Gasteiger partial charge on any atom is -0.454 e. The van der Waals surface area contributed by atoms with Gasteiger partial charge in [-0.1, -0.05) is 13.3 Å². The monoisotopic (exact) mass is 313 g/mol. The van der Waals surface area contributed by atoms with Crippen LogP contribution >= 0.6 is 0 Å². The van der Waals surface area contributed by atoms with Crippen molar-refractivity contribution in [2.75, 3.05) is 18.7 Å². The first-order valence-electron chi connectivity index (χ1n) is 7.66. The molecule has 2 N–H and O–H groups in total. The van der Waals surface area contributed by atoms with Gasteiger partial charge in [0.05, 0.1) is 17.4 Å². The average molecular weight is 313 g/mol. The van der Waals surface area contributed by atoms with Crippen LogP contribution in [0, 0.1) is 0 Å². The third kappa shape index (κ3) is 3.71. The Morgan fingerprint density at radius 1 is 1.17 bits per heavy atom. The standard InChI is InChI=1S/C17H19N3O3/c1-2-3-6-19-17(21)12-7-14(10-18-9-12)20-13-4-5-15-16(8-13)23-11-22-15/h4-5,7-10,20H,2-3,6,11H2,1H3,(H,19,21). The summed E-state index contributed by atoms with van der Waals surface area (Å²) < 4.78 is 10.6. The normalized spacial score (nSPS) is 12.0. The molecule has 23 heavy (non-hydrogen) atoms. The van der Waals surface area contributed by atoms with Crippen LogP contribution in [0.5, 0.6) is 11.5 Å². The summed E-state index contributed by atoms with van der Waals surface area (Å²) in [6.07, 6.45) is 5.25. The number of carbonyl (C=O) groups excluding carboxylic acids is 1. The minimum atomic E-state index is -0.111. The Morgan fingerprint density at radius 2 is 2.04 bits per heavy atom. The van der Waals surface area contributed by atoms with Crippen LogP contribution in [0.25, 0.3) is 0 Å². The van der Waals surface area contributed by atoms with Crippen LogP contribution in [0.2, 0.25) is 0 Å². The van der Waals surface area contributed by atoms with Crippen molar-refractivity contribution in [3.8, 4) is 11.5 Å². The first-order chi connectivity index (χ1) is 11.3. The first kappa shape index (κ1) is 15.1. The van der Waals surface area contributed by atoms with Crippen LogP contribution in [0.15, 0.2) is 36.7 Å². The number of rotatable bonds is 6. The third-order valence-corrected chi connectivity index (χ3v) is 3.48. The molecule has 0 saturated carbocycles. The molecule has 0 spiro atoms. The quantitative estimate of drug-likeness (QED) is 0.802. The highest BCUT2D eigenvalue weighted by atomic mass is 16.7. The van der Waals surface area contributed by atoms with E-state index in [0.717, 1.165) is 30.0 Å². The summed E-state index contributed by atoms with van der Waals surface area (Å²) in [5.41, 5.74) is 2.12. The Kier molecular flexibility index (Phi) is 4.61. The summed E-state index contributed by atoms with van der Waals surface area (Å²) in [4.78, 5) is 16.2. The van der Waals surface area contributed by atoms with Crippen LogP contribution in [-0.2, 0) is 0 Å². The number of amides is 1. The fourth-order valence-corrected chi connectivity index (χ4v) is 2.25. The van der Waals surface area contributed by atoms with Crippen molar-refractivity contribution in [2.45, 2.75) is 19.8 Å². The number of hydrogen-bond acceptors (Lipinski definition) is 5. The molecule has 3 rings (SSSR count). The molecule has 0 fully saturated rings. The molecule has 6 heteroatoms. The summed E-state index contributed by atoms with van der Waals surface area (Å²) in [6.45, 7) is 3.01. The molecule has 1 aliphatic heterocycles. The Balaban J connectivity index is 1.69. The molecule has 6 nitrogen and oxygen atoms in total. The largest absolute Gasteiger partial charge is 0.454 e. The number of anilines is 2. The number of nitrogens with zero attached hydrogens (tertiary/aromatic N) is 1. The number of nitrogens with one attached hydrogen (secondary N) is 2. The molecule has 1 aromatic heterocycles. The predicted molar refractivity (Wildman–Crippen MR) is 87.3 cm³/mol. The molecule has 120 valence electrons. The fraction of sp³-hybridized carbons (Fsp3) is 0.294. The van der Waals surface area contributed by atoms with E-state index in [4.69, 9.17) is 9.47 Å². The predicted octanol–water partition coefficient (Wildman–Crippen LogP) is 3.08. The van der Waals surface area contributed by atoms with Gasteiger partial charge in [-0.15, -0.1) is 0 Å². The van der Waals surface area contributed by atoms with Gasteiger partial charge in [0.1, 0.15) is 0 Å². The Labute approximate surface area is 134 Å². The Bertz CT molecular complexity index is 703. The van der Waals surface area contributed by atoms with Gasteiger partial charge in [-0.05, 0) is 24.6 Å². The topological polar surface area (TPSA) is 72.5 Å². The van der Waals surface area contributed by atoms with Crippen LogP contribution < -0.4 is 20.1 Å². The molecule has 1 aliphatic rings. The zero-order chi connectivity index (χ0) is 16.1. The third-order valence-electron chi connectivity index (χ3n) is 3.48. The van der Waals surface area contributed by atoms with E-state index in [1.165, 1.54) is 0 Å². The fourth-order valence-electron chi connectivity index (χ4n) is 2.25. The maximum atomic E-state index is 12.1. The second kappa shape index (κ2) is 7.00. The molecule has 0 saturated heterocycles. The van der Waals surface area contributed by atoms with Crippen molar-refractivity contribution in [3.63, 3.8) is 0 Å². The summed E-state index contributed by atoms with van der Waals surface area (Å²) in [7, 11) is 0. The lowest BCUT2D eigenvalue weighted by atomic mass is 10.2. The zero-order valence-corrected chi connectivity index (χ0v) is 13.0. The van der Waals surface area contributed by atoms with E-state index in [1.807, 2.05) is 18.2 Å². The molecule has 1 aromatic carbocycles. The van der Waals surface area contributed by atoms with E-state index in [1.54, 1.807) is 18.5 Å². The van der Waals surface area contributed by atoms with Crippen LogP contribution in [0.3, 0.4) is 0 Å². The van der Waals surface area contributed by atoms with Gasteiger partial charge in [-0.3, -0.25) is 9.78 Å². The number of carbonyl (C=O) groups is 1. The number of benzene rings is 1. The number of unbranched alkanes of at least 4 members (excludes halogenated alkanes) is 1. The molecule has 0 radical (unpaired) electrons. The summed E-state index contributed by atoms with van der Waals surface area (Å²) in [6, 6.07) is 7.37. The molecule has 2 heterocycles. The molecule has 0 unspecified atom stereocenters. The SMILES string of the molecule is CCCCNC(=O)c1cncc(Nc2ccc3c(c2)OCO3)c1. The van der Waals surface area contributed by atoms with Crippen molar-refractivity contribution in [1.29, 1.82) is 0 Å². The van der Waals surface area contributed by atoms with E-state index in [2.05, 4.69) is 22.5 Å². The average Bonchev–Trinajstić information content (AvgIpc) is 3.03. The Morgan fingerprint density at radius 3 is 2.91 bits per heavy atom. The van der Waals surface area contributed by atoms with Crippen molar-refractivity contribution in [1.82, 2.24) is 10.3 Å². The highest BCUT2D eigenvalue weighted by molar-refractivity contribution is 5.94. The van der Waals surface area contributed by atoms with Crippen LogP contribution in [-0.4, -0.2) is 24.2 Å². The molecule has 0 atom stereocenters. The number of ether oxygens (including phenoxy) is 2. The van der Waals surface area contributed by atoms with Crippen LogP contribution in [0.1, 0.15) is 30.1 Å². The smallest absolute Gasteiger partial charge is 0.252 e. The van der Waals surface area contributed by atoms with E-state index in [0.29, 0.717) is 17.9 Å². The van der Waals surface area contributed by atoms with Gasteiger partial charge in [0.25, 0.3) is 5.91 Å².